The molecule has 0 spiro atoms. The molecule has 0 saturated heterocycles. The Balaban J connectivity index is 2.97. The number of nitrogens with two attached hydrogens (primary N) is 1. The Bertz CT molecular complexity index is 222. The van der Waals surface area contributed by atoms with E-state index in [-0.39, 0.29) is 6.54 Å². The fourth-order valence-corrected chi connectivity index (χ4v) is 0.798. The van der Waals surface area contributed by atoms with Gasteiger partial charge in [-0.2, -0.15) is 0 Å². The number of nitrogen functional groups attached to an aromatic ring is 1. The van der Waals surface area contributed by atoms with Crippen molar-refractivity contribution in [3.05, 3.63) is 12.0 Å². The van der Waals surface area contributed by atoms with Gasteiger partial charge in [-0.15, -0.1) is 0 Å². The number of aldehydes is 1. The molecule has 0 aliphatic rings. The van der Waals surface area contributed by atoms with Gasteiger partial charge in [0.2, 0.25) is 0 Å². The van der Waals surface area contributed by atoms with E-state index in [1.807, 2.05) is 0 Å². The summed E-state index contributed by atoms with van der Waals surface area (Å²) >= 11 is 0. The van der Waals surface area contributed by atoms with Crippen molar-refractivity contribution in [2.45, 2.75) is 13.5 Å². The first-order valence-electron chi connectivity index (χ1n) is 2.97. The van der Waals surface area contributed by atoms with E-state index in [1.54, 1.807) is 17.7 Å². The molecule has 1 rings (SSSR count). The lowest BCUT2D eigenvalue weighted by molar-refractivity contribution is -0.108. The van der Waals surface area contributed by atoms with Crippen LogP contribution in [-0.2, 0) is 11.3 Å². The van der Waals surface area contributed by atoms with E-state index in [0.29, 0.717) is 5.82 Å². The second kappa shape index (κ2) is 2.51. The first-order chi connectivity index (χ1) is 4.75. The van der Waals surface area contributed by atoms with Gasteiger partial charge >= 0.3 is 0 Å². The van der Waals surface area contributed by atoms with E-state index >= 15 is 0 Å². The number of anilines is 1. The summed E-state index contributed by atoms with van der Waals surface area (Å²) in [7, 11) is 0. The Kier molecular flexibility index (Phi) is 1.71. The summed E-state index contributed by atoms with van der Waals surface area (Å²) in [5, 5.41) is 0. The van der Waals surface area contributed by atoms with Gasteiger partial charge in [-0.25, -0.2) is 4.98 Å². The molecule has 0 fully saturated rings. The Hall–Kier alpha value is -1.32. The van der Waals surface area contributed by atoms with E-state index in [2.05, 4.69) is 4.98 Å². The van der Waals surface area contributed by atoms with E-state index in [9.17, 15) is 4.79 Å². The summed E-state index contributed by atoms with van der Waals surface area (Å²) in [5.74, 6) is 1.30. The van der Waals surface area contributed by atoms with Crippen LogP contribution in [0.15, 0.2) is 6.20 Å². The average Bonchev–Trinajstić information content (AvgIpc) is 2.20. The van der Waals surface area contributed by atoms with Crippen LogP contribution >= 0.6 is 0 Å². The van der Waals surface area contributed by atoms with Crippen LogP contribution in [0.3, 0.4) is 0 Å². The first kappa shape index (κ1) is 6.80. The highest BCUT2D eigenvalue weighted by Crippen LogP contribution is 2.03. The lowest BCUT2D eigenvalue weighted by Gasteiger charge is -1.99. The molecule has 4 nitrogen and oxygen atoms in total. The zero-order valence-corrected chi connectivity index (χ0v) is 5.74. The van der Waals surface area contributed by atoms with Crippen molar-refractivity contribution in [3.8, 4) is 0 Å². The summed E-state index contributed by atoms with van der Waals surface area (Å²) < 4.78 is 1.65. The predicted octanol–water partition coefficient (Wildman–Crippen LogP) is -0.0274. The normalized spacial score (nSPS) is 9.70. The number of carbonyl (C=O) groups excluding carboxylic acids is 1. The summed E-state index contributed by atoms with van der Waals surface area (Å²) in [5.41, 5.74) is 5.47. The topological polar surface area (TPSA) is 60.9 Å². The third-order valence-corrected chi connectivity index (χ3v) is 1.34. The molecule has 0 unspecified atom stereocenters. The number of rotatable bonds is 2. The van der Waals surface area contributed by atoms with Gasteiger partial charge in [0.1, 0.15) is 17.9 Å². The minimum absolute atomic E-state index is 0.289. The van der Waals surface area contributed by atoms with Crippen LogP contribution in [-0.4, -0.2) is 15.8 Å². The molecule has 0 aliphatic heterocycles. The molecule has 1 heterocycles. The van der Waals surface area contributed by atoms with Gasteiger partial charge in [0.25, 0.3) is 0 Å². The Morgan fingerprint density at radius 3 is 3.00 bits per heavy atom. The van der Waals surface area contributed by atoms with Crippen LogP contribution in [0, 0.1) is 6.92 Å². The van der Waals surface area contributed by atoms with Crippen LogP contribution in [0.2, 0.25) is 0 Å². The number of nitrogens with zero attached hydrogens (tertiary/aromatic N) is 2. The monoisotopic (exact) mass is 139 g/mol. The molecule has 1 aromatic rings. The number of carbonyl (C=O) groups is 1. The van der Waals surface area contributed by atoms with Crippen molar-refractivity contribution in [2.24, 2.45) is 0 Å². The van der Waals surface area contributed by atoms with Gasteiger partial charge < -0.3 is 15.1 Å². The zero-order valence-electron chi connectivity index (χ0n) is 5.74. The molecular formula is C6H9N3O. The third kappa shape index (κ3) is 1.00. The van der Waals surface area contributed by atoms with Crippen molar-refractivity contribution in [1.82, 2.24) is 9.55 Å². The molecule has 0 amide bonds. The second-order valence-corrected chi connectivity index (χ2v) is 2.01. The highest BCUT2D eigenvalue weighted by molar-refractivity contribution is 5.51. The molecule has 0 aromatic carbocycles. The largest absolute Gasteiger partial charge is 0.384 e. The van der Waals surface area contributed by atoms with Gasteiger partial charge in [-0.05, 0) is 6.92 Å². The zero-order chi connectivity index (χ0) is 7.56. The number of aromatic nitrogens is 2. The summed E-state index contributed by atoms with van der Waals surface area (Å²) in [4.78, 5) is 14.0. The quantitative estimate of drug-likeness (QED) is 0.585. The highest BCUT2D eigenvalue weighted by atomic mass is 16.1. The molecule has 2 N–H and O–H groups in total. The molecule has 54 valence electrons. The molecule has 0 atom stereocenters. The first-order valence-corrected chi connectivity index (χ1v) is 2.97. The van der Waals surface area contributed by atoms with Gasteiger partial charge in [0.15, 0.2) is 0 Å². The summed E-state index contributed by atoms with van der Waals surface area (Å²) in [6, 6.07) is 0. The summed E-state index contributed by atoms with van der Waals surface area (Å²) in [6.45, 7) is 2.09. The van der Waals surface area contributed by atoms with E-state index < -0.39 is 0 Å². The van der Waals surface area contributed by atoms with Crippen molar-refractivity contribution < 1.29 is 4.79 Å². The fraction of sp³-hybridized carbons (Fsp3) is 0.333. The predicted molar refractivity (Wildman–Crippen MR) is 37.4 cm³/mol. The van der Waals surface area contributed by atoms with Gasteiger partial charge in [-0.1, -0.05) is 0 Å². The number of aryl methyl sites for hydroxylation is 1. The number of hydrogen-bond acceptors (Lipinski definition) is 3. The van der Waals surface area contributed by atoms with Crippen LogP contribution in [0.1, 0.15) is 5.82 Å². The van der Waals surface area contributed by atoms with Crippen LogP contribution < -0.4 is 5.73 Å². The van der Waals surface area contributed by atoms with Crippen LogP contribution in [0.5, 0.6) is 0 Å². The second-order valence-electron chi connectivity index (χ2n) is 2.01. The molecule has 0 saturated carbocycles. The summed E-state index contributed by atoms with van der Waals surface area (Å²) in [6.07, 6.45) is 2.34. The lowest BCUT2D eigenvalue weighted by Crippen LogP contribution is -2.05. The molecule has 0 aliphatic carbocycles. The van der Waals surface area contributed by atoms with Gasteiger partial charge in [0, 0.05) is 0 Å². The molecule has 1 aromatic heterocycles. The van der Waals surface area contributed by atoms with E-state index in [1.165, 1.54) is 0 Å². The van der Waals surface area contributed by atoms with Gasteiger partial charge in [0.05, 0.1) is 12.7 Å². The maximum atomic E-state index is 10.1. The molecule has 0 bridgehead atoms. The Morgan fingerprint density at radius 2 is 2.60 bits per heavy atom. The fourth-order valence-electron chi connectivity index (χ4n) is 0.798. The van der Waals surface area contributed by atoms with E-state index in [0.717, 1.165) is 12.1 Å². The van der Waals surface area contributed by atoms with E-state index in [4.69, 9.17) is 5.73 Å². The lowest BCUT2D eigenvalue weighted by atomic mass is 10.6. The standard InChI is InChI=1S/C6H9N3O/c1-5-8-4-6(7)9(5)2-3-10/h3-4H,2,7H2,1H3. The maximum absolute atomic E-state index is 10.1. The van der Waals surface area contributed by atoms with Gasteiger partial charge in [-0.3, -0.25) is 0 Å². The molecule has 10 heavy (non-hydrogen) atoms. The van der Waals surface area contributed by atoms with Crippen molar-refractivity contribution in [3.63, 3.8) is 0 Å². The van der Waals surface area contributed by atoms with Crippen LogP contribution in [0.25, 0.3) is 0 Å². The molecular weight excluding hydrogens is 130 g/mol. The molecule has 0 radical (unpaired) electrons. The van der Waals surface area contributed by atoms with Crippen LogP contribution in [0.4, 0.5) is 5.82 Å². The minimum atomic E-state index is 0.289. The van der Waals surface area contributed by atoms with Crippen molar-refractivity contribution in [2.75, 3.05) is 5.73 Å². The van der Waals surface area contributed by atoms with Crippen molar-refractivity contribution in [1.29, 1.82) is 0 Å². The minimum Gasteiger partial charge on any atom is -0.384 e. The smallest absolute Gasteiger partial charge is 0.139 e. The Morgan fingerprint density at radius 1 is 1.90 bits per heavy atom. The molecule has 4 heteroatoms. The SMILES string of the molecule is Cc1ncc(N)n1CC=O. The number of imidazole rings is 1. The third-order valence-electron chi connectivity index (χ3n) is 1.34. The average molecular weight is 139 g/mol. The maximum Gasteiger partial charge on any atom is 0.139 e. The Labute approximate surface area is 58.7 Å². The van der Waals surface area contributed by atoms with Crippen molar-refractivity contribution >= 4 is 12.1 Å². The number of hydrogen-bond donors (Lipinski definition) is 1. The highest BCUT2D eigenvalue weighted by Gasteiger charge is 1.99.